The van der Waals surface area contributed by atoms with Gasteiger partial charge in [-0.15, -0.1) is 0 Å². The third-order valence-corrected chi connectivity index (χ3v) is 8.86. The van der Waals surface area contributed by atoms with Crippen LogP contribution in [0, 0.1) is 18.8 Å². The highest BCUT2D eigenvalue weighted by Gasteiger charge is 2.21. The molecule has 0 saturated heterocycles. The van der Waals surface area contributed by atoms with Crippen LogP contribution in [0.15, 0.2) is 30.6 Å². The van der Waals surface area contributed by atoms with Gasteiger partial charge in [-0.3, -0.25) is 0 Å². The molecule has 1 aliphatic carbocycles. The van der Waals surface area contributed by atoms with Crippen LogP contribution in [0.2, 0.25) is 0 Å². The Hall–Kier alpha value is -1.90. The van der Waals surface area contributed by atoms with Crippen molar-refractivity contribution in [2.45, 2.75) is 149 Å². The maximum absolute atomic E-state index is 6.31. The number of ether oxygens (including phenoxy) is 1. The highest BCUT2D eigenvalue weighted by Crippen LogP contribution is 2.33. The molecule has 39 heavy (non-hydrogen) atoms. The Morgan fingerprint density at radius 2 is 1.26 bits per heavy atom. The lowest BCUT2D eigenvalue weighted by Gasteiger charge is -2.28. The zero-order chi connectivity index (χ0) is 27.5. The van der Waals surface area contributed by atoms with Crippen molar-refractivity contribution in [1.82, 2.24) is 9.97 Å². The minimum Gasteiger partial charge on any atom is -0.493 e. The van der Waals surface area contributed by atoms with Crippen LogP contribution in [0.3, 0.4) is 0 Å². The summed E-state index contributed by atoms with van der Waals surface area (Å²) in [7, 11) is 0. The van der Waals surface area contributed by atoms with Crippen LogP contribution in [0.1, 0.15) is 147 Å². The van der Waals surface area contributed by atoms with Gasteiger partial charge in [0.25, 0.3) is 0 Å². The average molecular weight is 535 g/mol. The highest BCUT2D eigenvalue weighted by atomic mass is 16.5. The van der Waals surface area contributed by atoms with E-state index >= 15 is 0 Å². The number of aromatic nitrogens is 2. The van der Waals surface area contributed by atoms with Crippen molar-refractivity contribution < 1.29 is 4.74 Å². The first-order chi connectivity index (χ1) is 19.2. The summed E-state index contributed by atoms with van der Waals surface area (Å²) >= 11 is 0. The summed E-state index contributed by atoms with van der Waals surface area (Å²) in [6, 6.07) is 6.42. The Labute approximate surface area is 241 Å². The smallest absolute Gasteiger partial charge is 0.159 e. The maximum atomic E-state index is 6.31. The van der Waals surface area contributed by atoms with E-state index in [2.05, 4.69) is 48.9 Å². The molecule has 0 unspecified atom stereocenters. The number of hydrogen-bond acceptors (Lipinski definition) is 3. The fraction of sp³-hybridized carbons (Fsp3) is 0.722. The minimum absolute atomic E-state index is 0.710. The van der Waals surface area contributed by atoms with E-state index in [0.29, 0.717) is 5.92 Å². The molecule has 0 amide bonds. The lowest BCUT2D eigenvalue weighted by molar-refractivity contribution is 0.177. The topological polar surface area (TPSA) is 35.0 Å². The van der Waals surface area contributed by atoms with Gasteiger partial charge in [0.2, 0.25) is 0 Å². The molecule has 1 aromatic heterocycles. The van der Waals surface area contributed by atoms with Crippen LogP contribution in [0.5, 0.6) is 5.75 Å². The second-order valence-electron chi connectivity index (χ2n) is 12.4. The Morgan fingerprint density at radius 1 is 0.692 bits per heavy atom. The van der Waals surface area contributed by atoms with E-state index in [-0.39, 0.29) is 0 Å². The summed E-state index contributed by atoms with van der Waals surface area (Å²) in [6.45, 7) is 7.57. The summed E-state index contributed by atoms with van der Waals surface area (Å²) in [6.07, 6.45) is 31.3. The van der Waals surface area contributed by atoms with Crippen molar-refractivity contribution >= 4 is 0 Å². The molecule has 1 fully saturated rings. The van der Waals surface area contributed by atoms with E-state index in [4.69, 9.17) is 4.74 Å². The number of unbranched alkanes of at least 4 members (excludes halogenated alkanes) is 12. The van der Waals surface area contributed by atoms with Gasteiger partial charge < -0.3 is 4.74 Å². The molecular weight excluding hydrogens is 476 g/mol. The predicted molar refractivity (Wildman–Crippen MR) is 167 cm³/mol. The molecule has 2 aromatic rings. The van der Waals surface area contributed by atoms with Gasteiger partial charge in [-0.2, -0.15) is 0 Å². The molecule has 1 aliphatic rings. The lowest BCUT2D eigenvalue weighted by atomic mass is 9.80. The van der Waals surface area contributed by atoms with Gasteiger partial charge in [-0.1, -0.05) is 117 Å². The van der Waals surface area contributed by atoms with E-state index < -0.39 is 0 Å². The Kier molecular flexibility index (Phi) is 15.6. The molecule has 3 nitrogen and oxygen atoms in total. The number of benzene rings is 1. The van der Waals surface area contributed by atoms with Crippen molar-refractivity contribution in [3.8, 4) is 17.1 Å². The third-order valence-electron chi connectivity index (χ3n) is 8.86. The quantitative estimate of drug-likeness (QED) is 0.158. The monoisotopic (exact) mass is 534 g/mol. The second kappa shape index (κ2) is 19.2. The summed E-state index contributed by atoms with van der Waals surface area (Å²) in [5, 5.41) is 0. The van der Waals surface area contributed by atoms with Crippen molar-refractivity contribution in [1.29, 1.82) is 0 Å². The maximum Gasteiger partial charge on any atom is 0.159 e. The van der Waals surface area contributed by atoms with Gasteiger partial charge in [0, 0.05) is 18.0 Å². The lowest BCUT2D eigenvalue weighted by Crippen LogP contribution is -2.20. The fourth-order valence-electron chi connectivity index (χ4n) is 6.15. The first-order valence-electron chi connectivity index (χ1n) is 16.7. The molecule has 0 atom stereocenters. The third kappa shape index (κ3) is 12.4. The molecule has 3 heteroatoms. The van der Waals surface area contributed by atoms with Crippen molar-refractivity contribution in [2.24, 2.45) is 11.8 Å². The van der Waals surface area contributed by atoms with Crippen molar-refractivity contribution in [2.75, 3.05) is 6.61 Å². The predicted octanol–water partition coefficient (Wildman–Crippen LogP) is 11.1. The van der Waals surface area contributed by atoms with Gasteiger partial charge >= 0.3 is 0 Å². The molecule has 0 bridgehead atoms. The molecule has 0 radical (unpaired) electrons. The molecular formula is C36H58N2O. The second-order valence-corrected chi connectivity index (χ2v) is 12.4. The Bertz CT molecular complexity index is 885. The summed E-state index contributed by atoms with van der Waals surface area (Å²) in [4.78, 5) is 9.35. The Balaban J connectivity index is 1.32. The fourth-order valence-corrected chi connectivity index (χ4v) is 6.15. The normalized spacial score (nSPS) is 17.4. The largest absolute Gasteiger partial charge is 0.493 e. The minimum atomic E-state index is 0.710. The molecule has 0 aliphatic heterocycles. The van der Waals surface area contributed by atoms with E-state index in [1.54, 1.807) is 0 Å². The van der Waals surface area contributed by atoms with Crippen LogP contribution in [0.4, 0.5) is 0 Å². The summed E-state index contributed by atoms with van der Waals surface area (Å²) in [5.41, 5.74) is 3.50. The molecule has 0 N–H and O–H groups in total. The number of hydrogen-bond donors (Lipinski definition) is 0. The van der Waals surface area contributed by atoms with Crippen LogP contribution < -0.4 is 4.74 Å². The van der Waals surface area contributed by atoms with Crippen LogP contribution in [-0.2, 0) is 6.42 Å². The van der Waals surface area contributed by atoms with Gasteiger partial charge in [0.15, 0.2) is 5.82 Å². The number of aryl methyl sites for hydroxylation is 2. The molecule has 3 rings (SSSR count). The van der Waals surface area contributed by atoms with Crippen molar-refractivity contribution in [3.05, 3.63) is 41.7 Å². The van der Waals surface area contributed by atoms with Gasteiger partial charge in [-0.25, -0.2) is 9.97 Å². The van der Waals surface area contributed by atoms with E-state index in [9.17, 15) is 0 Å². The number of rotatable bonds is 20. The first-order valence-corrected chi connectivity index (χ1v) is 16.7. The molecule has 0 spiro atoms. The first kappa shape index (κ1) is 31.6. The summed E-state index contributed by atoms with van der Waals surface area (Å²) < 4.78 is 6.31. The van der Waals surface area contributed by atoms with Crippen LogP contribution >= 0.6 is 0 Å². The van der Waals surface area contributed by atoms with E-state index in [1.807, 2.05) is 12.4 Å². The standard InChI is InChI=1S/C36H58N2O/c1-4-6-8-10-12-14-16-18-31-20-22-32(23-21-31)29-39-35-25-24-34(26-30(35)3)36-37-27-33(28-38-36)19-17-15-13-11-9-7-5-2/h24-28,31-32H,4-23,29H2,1-3H3/t31-,32-. The van der Waals surface area contributed by atoms with Crippen molar-refractivity contribution in [3.63, 3.8) is 0 Å². The van der Waals surface area contributed by atoms with Gasteiger partial charge in [0.05, 0.1) is 6.61 Å². The zero-order valence-corrected chi connectivity index (χ0v) is 25.7. The molecule has 1 aromatic carbocycles. The SMILES string of the molecule is CCCCCCCCCc1cnc(-c2ccc(OC[C@H]3CC[C@H](CCCCCCCCC)CC3)c(C)c2)nc1. The number of nitrogens with zero attached hydrogens (tertiary/aromatic N) is 2. The average Bonchev–Trinajstić information content (AvgIpc) is 2.96. The van der Waals surface area contributed by atoms with E-state index in [1.165, 1.54) is 133 Å². The highest BCUT2D eigenvalue weighted by molar-refractivity contribution is 5.58. The van der Waals surface area contributed by atoms with E-state index in [0.717, 1.165) is 36.1 Å². The van der Waals surface area contributed by atoms with Crippen LogP contribution in [-0.4, -0.2) is 16.6 Å². The zero-order valence-electron chi connectivity index (χ0n) is 25.7. The van der Waals surface area contributed by atoms with Gasteiger partial charge in [0.1, 0.15) is 5.75 Å². The Morgan fingerprint density at radius 3 is 1.87 bits per heavy atom. The molecule has 218 valence electrons. The summed E-state index contributed by atoms with van der Waals surface area (Å²) in [5.74, 6) is 3.49. The molecule has 1 saturated carbocycles. The van der Waals surface area contributed by atoms with Crippen LogP contribution in [0.25, 0.3) is 11.4 Å². The molecule has 1 heterocycles. The van der Waals surface area contributed by atoms with Gasteiger partial charge in [-0.05, 0) is 73.8 Å².